The van der Waals surface area contributed by atoms with Crippen molar-refractivity contribution in [3.63, 3.8) is 0 Å². The van der Waals surface area contributed by atoms with Crippen molar-refractivity contribution in [3.05, 3.63) is 54.0 Å². The van der Waals surface area contributed by atoms with Crippen molar-refractivity contribution >= 4 is 70.7 Å². The van der Waals surface area contributed by atoms with Crippen LogP contribution in [0.4, 0.5) is 0 Å². The Kier molecular flexibility index (Phi) is 6.05. The van der Waals surface area contributed by atoms with Gasteiger partial charge in [-0.15, -0.1) is 0 Å². The number of ether oxygens (including phenoxy) is 2. The molecule has 0 aliphatic carbocycles. The van der Waals surface area contributed by atoms with E-state index in [2.05, 4.69) is 5.32 Å². The van der Waals surface area contributed by atoms with Gasteiger partial charge in [0.25, 0.3) is 23.6 Å². The molecule has 0 bridgehead atoms. The molecule has 2 atom stereocenters. The van der Waals surface area contributed by atoms with Gasteiger partial charge in [-0.25, -0.2) is 0 Å². The van der Waals surface area contributed by atoms with E-state index in [0.29, 0.717) is 27.3 Å². The van der Waals surface area contributed by atoms with E-state index in [1.54, 1.807) is 6.92 Å². The number of rotatable bonds is 3. The molecule has 6 heterocycles. The van der Waals surface area contributed by atoms with Gasteiger partial charge >= 0.3 is 0 Å². The van der Waals surface area contributed by atoms with Crippen molar-refractivity contribution in [2.45, 2.75) is 38.7 Å². The van der Waals surface area contributed by atoms with Crippen molar-refractivity contribution < 1.29 is 28.7 Å². The predicted molar refractivity (Wildman–Crippen MR) is 144 cm³/mol. The van der Waals surface area contributed by atoms with Gasteiger partial charge in [-0.2, -0.15) is 10.5 Å². The number of thioether (sulfide) groups is 4. The van der Waals surface area contributed by atoms with E-state index in [4.69, 9.17) is 9.47 Å². The number of nitrogens with one attached hydrogen (secondary N) is 1. The van der Waals surface area contributed by atoms with Gasteiger partial charge in [-0.05, 0) is 19.1 Å². The van der Waals surface area contributed by atoms with Crippen LogP contribution in [0.2, 0.25) is 0 Å². The molecule has 2 fully saturated rings. The summed E-state index contributed by atoms with van der Waals surface area (Å²) in [6.45, 7) is 2.89. The summed E-state index contributed by atoms with van der Waals surface area (Å²) in [7, 11) is 0. The summed E-state index contributed by atoms with van der Waals surface area (Å²) in [6, 6.07) is 3.75. The lowest BCUT2D eigenvalue weighted by Crippen LogP contribution is -2.41. The predicted octanol–water partition coefficient (Wildman–Crippen LogP) is 3.59. The lowest BCUT2D eigenvalue weighted by atomic mass is 10.1. The largest absolute Gasteiger partial charge is 0.368 e. The molecule has 1 N–H and O–H groups in total. The molecule has 1 aromatic rings. The normalized spacial score (nSPS) is 24.8. The van der Waals surface area contributed by atoms with Gasteiger partial charge < -0.3 is 9.47 Å². The number of carbonyl (C=O) groups excluding carboxylic acids is 4. The quantitative estimate of drug-likeness (QED) is 0.303. The van der Waals surface area contributed by atoms with Crippen LogP contribution in [0, 0.1) is 22.7 Å². The Hall–Kier alpha value is -3.24. The van der Waals surface area contributed by atoms with Crippen LogP contribution < -0.4 is 5.32 Å². The molecule has 6 aliphatic heterocycles. The molecule has 0 spiro atoms. The highest BCUT2D eigenvalue weighted by atomic mass is 32.2. The van der Waals surface area contributed by atoms with Crippen LogP contribution in [-0.4, -0.2) is 48.3 Å². The van der Waals surface area contributed by atoms with Crippen molar-refractivity contribution in [2.24, 2.45) is 0 Å². The second kappa shape index (κ2) is 9.41. The summed E-state index contributed by atoms with van der Waals surface area (Å²) < 4.78 is 12.8. The lowest BCUT2D eigenvalue weighted by Gasteiger charge is -2.23. The third kappa shape index (κ3) is 3.90. The smallest absolute Gasteiger partial charge is 0.271 e. The number of nitrogens with zero attached hydrogens (tertiary/aromatic N) is 3. The maximum absolute atomic E-state index is 13.3. The van der Waals surface area contributed by atoms with Gasteiger partial charge in [0.2, 0.25) is 0 Å². The molecule has 0 radical (unpaired) electrons. The monoisotopic (exact) mass is 606 g/mol. The maximum atomic E-state index is 13.3. The summed E-state index contributed by atoms with van der Waals surface area (Å²) in [4.78, 5) is 55.2. The van der Waals surface area contributed by atoms with Crippen molar-refractivity contribution in [1.29, 1.82) is 10.5 Å². The van der Waals surface area contributed by atoms with E-state index in [0.717, 1.165) is 35.6 Å². The highest BCUT2D eigenvalue weighted by molar-refractivity contribution is 8.25. The maximum Gasteiger partial charge on any atom is 0.271 e. The second-order valence-corrected chi connectivity index (χ2v) is 13.7. The minimum atomic E-state index is -0.719. The van der Waals surface area contributed by atoms with E-state index in [9.17, 15) is 29.7 Å². The van der Waals surface area contributed by atoms with Gasteiger partial charge in [0.05, 0.1) is 32.8 Å². The Labute approximate surface area is 243 Å². The van der Waals surface area contributed by atoms with Crippen LogP contribution >= 0.6 is 47.0 Å². The third-order valence-electron chi connectivity index (χ3n) is 6.72. The Morgan fingerprint density at radius 3 is 1.73 bits per heavy atom. The summed E-state index contributed by atoms with van der Waals surface area (Å²) >= 11 is 5.61. The summed E-state index contributed by atoms with van der Waals surface area (Å²) in [5.74, 6) is -2.32. The molecule has 7 rings (SSSR count). The number of epoxide rings is 2. The zero-order chi connectivity index (χ0) is 27.9. The number of hydrogen-bond acceptors (Lipinski definition) is 12. The minimum Gasteiger partial charge on any atom is -0.368 e. The van der Waals surface area contributed by atoms with Gasteiger partial charge in [-0.1, -0.05) is 47.0 Å². The molecule has 2 unspecified atom stereocenters. The summed E-state index contributed by atoms with van der Waals surface area (Å²) in [5.41, 5.74) is 2.23. The number of nitriles is 2. The second-order valence-electron chi connectivity index (χ2n) is 9.08. The first kappa shape index (κ1) is 25.7. The first-order valence-electron chi connectivity index (χ1n) is 12.0. The van der Waals surface area contributed by atoms with Gasteiger partial charge in [-0.3, -0.25) is 29.4 Å². The molecule has 14 heteroatoms. The zero-order valence-electron chi connectivity index (χ0n) is 20.4. The molecule has 40 heavy (non-hydrogen) atoms. The first-order chi connectivity index (χ1) is 19.3. The lowest BCUT2D eigenvalue weighted by molar-refractivity contribution is -0.140. The molecule has 10 nitrogen and oxygen atoms in total. The van der Waals surface area contributed by atoms with Crippen LogP contribution in [0.1, 0.15) is 30.3 Å². The number of likely N-dealkylation sites (N-methyl/N-ethyl adjacent to an activating group) is 1. The average Bonchev–Trinajstić information content (AvgIpc) is 3.86. The fourth-order valence-corrected chi connectivity index (χ4v) is 10.6. The van der Waals surface area contributed by atoms with E-state index in [1.165, 1.54) is 59.2 Å². The van der Waals surface area contributed by atoms with Crippen molar-refractivity contribution in [1.82, 2.24) is 10.2 Å². The number of benzene rings is 1. The number of fused-ring (bicyclic) bond motifs is 2. The van der Waals surface area contributed by atoms with E-state index < -0.39 is 23.6 Å². The number of imide groups is 2. The number of amides is 4. The van der Waals surface area contributed by atoms with E-state index in [-0.39, 0.29) is 35.5 Å². The van der Waals surface area contributed by atoms with Crippen molar-refractivity contribution in [2.75, 3.05) is 19.8 Å². The van der Waals surface area contributed by atoms with Crippen molar-refractivity contribution in [3.8, 4) is 12.1 Å². The van der Waals surface area contributed by atoms with E-state index >= 15 is 0 Å². The average molecular weight is 607 g/mol. The van der Waals surface area contributed by atoms with Gasteiger partial charge in [0.1, 0.15) is 35.5 Å². The highest BCUT2D eigenvalue weighted by Crippen LogP contribution is 2.67. The Bertz CT molecular complexity index is 1680. The Balaban J connectivity index is 1.38. The molecule has 1 aromatic carbocycles. The highest BCUT2D eigenvalue weighted by Gasteiger charge is 2.46. The van der Waals surface area contributed by atoms with Crippen LogP contribution in [0.25, 0.3) is 0 Å². The topological polar surface area (TPSA) is 156 Å². The van der Waals surface area contributed by atoms with Crippen LogP contribution in [-0.2, 0) is 28.7 Å². The summed E-state index contributed by atoms with van der Waals surface area (Å²) in [5, 5.41) is 21.1. The van der Waals surface area contributed by atoms with Gasteiger partial charge in [0.15, 0.2) is 0 Å². The molecule has 198 valence electrons. The van der Waals surface area contributed by atoms with Crippen LogP contribution in [0.5, 0.6) is 0 Å². The SMILES string of the molecule is CCN1C(=O)C(C#N)=CC(=C2Sc3c(c(C4CO4)c4c(c3C3CO3)SC(=C3C=C(C#N)C(=O)NC3=O)S4)S2)C1=O. The molecule has 0 saturated carbocycles. The third-order valence-corrected chi connectivity index (χ3v) is 12.1. The van der Waals surface area contributed by atoms with Gasteiger partial charge in [0, 0.05) is 37.3 Å². The fourth-order valence-electron chi connectivity index (χ4n) is 4.66. The van der Waals surface area contributed by atoms with E-state index in [1.807, 2.05) is 12.1 Å². The molecular weight excluding hydrogens is 593 g/mol. The molecular formula is C26H14N4O6S4. The fraction of sp³-hybridized carbons (Fsp3) is 0.231. The van der Waals surface area contributed by atoms with Crippen LogP contribution in [0.15, 0.2) is 62.5 Å². The Morgan fingerprint density at radius 2 is 1.27 bits per heavy atom. The van der Waals surface area contributed by atoms with Crippen LogP contribution in [0.3, 0.4) is 0 Å². The molecule has 4 amide bonds. The standard InChI is InChI=1S/C26H14N4O6S4/c1-2-30-23(33)10(6-28)4-12(24(30)34)26-39-19-15(13-7-35-13)17-18(16(14-8-36-14)20(19)40-26)38-25(37-17)11-3-9(5-27)21(31)29-22(11)32/h3-4,13-14H,2,7-8H2,1H3,(H,29,31,32). The Morgan fingerprint density at radius 1 is 0.800 bits per heavy atom. The molecule has 0 aromatic heterocycles. The first-order valence-corrected chi connectivity index (χ1v) is 15.2. The number of carbonyl (C=O) groups is 4. The molecule has 6 aliphatic rings. The minimum absolute atomic E-state index is 0.0866. The zero-order valence-corrected chi connectivity index (χ0v) is 23.6. The molecule has 2 saturated heterocycles. The summed E-state index contributed by atoms with van der Waals surface area (Å²) in [6.07, 6.45) is 2.37. The number of hydrogen-bond donors (Lipinski definition) is 1.